The van der Waals surface area contributed by atoms with Crippen molar-refractivity contribution in [2.45, 2.75) is 17.7 Å². The molecule has 3 amide bonds. The van der Waals surface area contributed by atoms with Gasteiger partial charge in [-0.3, -0.25) is 19.3 Å². The van der Waals surface area contributed by atoms with Crippen molar-refractivity contribution in [3.63, 3.8) is 0 Å². The summed E-state index contributed by atoms with van der Waals surface area (Å²) in [7, 11) is -3.79. The second-order valence-electron chi connectivity index (χ2n) is 7.57. The van der Waals surface area contributed by atoms with Gasteiger partial charge in [0.25, 0.3) is 5.91 Å². The molecule has 0 aromatic heterocycles. The molecule has 170 valence electrons. The molecule has 0 unspecified atom stereocenters. The molecule has 0 radical (unpaired) electrons. The first-order valence-corrected chi connectivity index (χ1v) is 11.5. The molecular formula is C21H25N5O5S. The molecular weight excluding hydrogens is 434 g/mol. The summed E-state index contributed by atoms with van der Waals surface area (Å²) in [6.45, 7) is 1.26. The quantitative estimate of drug-likeness (QED) is 0.476. The fourth-order valence-electron chi connectivity index (χ4n) is 3.53. The first-order valence-electron chi connectivity index (χ1n) is 9.98. The molecule has 1 aliphatic heterocycles. The Hall–Kier alpha value is -3.28. The Morgan fingerprint density at radius 2 is 1.59 bits per heavy atom. The number of hydrogen-bond donors (Lipinski definition) is 4. The summed E-state index contributed by atoms with van der Waals surface area (Å²) >= 11 is 0. The number of benzene rings is 2. The number of primary sulfonamides is 1. The molecule has 0 saturated carbocycles. The van der Waals surface area contributed by atoms with E-state index in [1.165, 1.54) is 24.3 Å². The maximum Gasteiger partial charge on any atom is 0.250 e. The van der Waals surface area contributed by atoms with Gasteiger partial charge < -0.3 is 16.4 Å². The molecule has 0 aliphatic carbocycles. The van der Waals surface area contributed by atoms with Crippen molar-refractivity contribution in [1.29, 1.82) is 0 Å². The third kappa shape index (κ3) is 6.13. The number of piperidine rings is 1. The van der Waals surface area contributed by atoms with E-state index in [4.69, 9.17) is 10.9 Å². The van der Waals surface area contributed by atoms with Gasteiger partial charge >= 0.3 is 0 Å². The van der Waals surface area contributed by atoms with Crippen LogP contribution >= 0.6 is 0 Å². The highest BCUT2D eigenvalue weighted by Crippen LogP contribution is 2.21. The zero-order valence-electron chi connectivity index (χ0n) is 17.3. The van der Waals surface area contributed by atoms with Gasteiger partial charge in [0.15, 0.2) is 0 Å². The van der Waals surface area contributed by atoms with E-state index in [0.717, 1.165) is 0 Å². The molecule has 1 aliphatic rings. The third-order valence-electron chi connectivity index (χ3n) is 5.24. The number of anilines is 2. The van der Waals surface area contributed by atoms with Crippen LogP contribution < -0.4 is 21.5 Å². The molecule has 0 bridgehead atoms. The minimum atomic E-state index is -3.79. The largest absolute Gasteiger partial charge is 0.366 e. The molecule has 6 N–H and O–H groups in total. The van der Waals surface area contributed by atoms with Crippen LogP contribution in [0.4, 0.5) is 11.4 Å². The van der Waals surface area contributed by atoms with E-state index in [2.05, 4.69) is 10.6 Å². The third-order valence-corrected chi connectivity index (χ3v) is 6.17. The number of para-hydroxylation sites is 1. The van der Waals surface area contributed by atoms with E-state index in [0.29, 0.717) is 37.3 Å². The van der Waals surface area contributed by atoms with E-state index in [1.807, 2.05) is 4.90 Å². The summed E-state index contributed by atoms with van der Waals surface area (Å²) < 4.78 is 22.6. The van der Waals surface area contributed by atoms with Crippen LogP contribution in [0.5, 0.6) is 0 Å². The van der Waals surface area contributed by atoms with Crippen molar-refractivity contribution in [2.75, 3.05) is 30.3 Å². The number of primary amides is 1. The predicted molar refractivity (Wildman–Crippen MR) is 119 cm³/mol. The fraction of sp³-hybridized carbons (Fsp3) is 0.286. The standard InChI is InChI=1S/C21H25N5O5S/c22-20(28)17-3-1-2-4-18(17)25-19(27)13-26-11-9-14(10-12-26)21(29)24-15-5-7-16(8-6-15)32(23,30)31/h1-8,14H,9-13H2,(H2,22,28)(H,24,29)(H,25,27)(H2,23,30,31). The molecule has 10 nitrogen and oxygen atoms in total. The second-order valence-corrected chi connectivity index (χ2v) is 9.13. The van der Waals surface area contributed by atoms with Crippen LogP contribution in [0.3, 0.4) is 0 Å². The van der Waals surface area contributed by atoms with Gasteiger partial charge in [0.2, 0.25) is 21.8 Å². The molecule has 1 heterocycles. The minimum Gasteiger partial charge on any atom is -0.366 e. The zero-order valence-corrected chi connectivity index (χ0v) is 18.1. The molecule has 0 spiro atoms. The highest BCUT2D eigenvalue weighted by molar-refractivity contribution is 7.89. The number of sulfonamides is 1. The van der Waals surface area contributed by atoms with Crippen LogP contribution in [0.1, 0.15) is 23.2 Å². The van der Waals surface area contributed by atoms with Gasteiger partial charge in [-0.2, -0.15) is 0 Å². The topological polar surface area (TPSA) is 165 Å². The summed E-state index contributed by atoms with van der Waals surface area (Å²) in [5.41, 5.74) is 6.42. The first-order chi connectivity index (χ1) is 15.1. The van der Waals surface area contributed by atoms with Crippen molar-refractivity contribution in [1.82, 2.24) is 4.90 Å². The summed E-state index contributed by atoms with van der Waals surface area (Å²) in [5.74, 6) is -1.26. The summed E-state index contributed by atoms with van der Waals surface area (Å²) in [6, 6.07) is 12.2. The number of carbonyl (C=O) groups excluding carboxylic acids is 3. The van der Waals surface area contributed by atoms with Gasteiger partial charge in [-0.15, -0.1) is 0 Å². The summed E-state index contributed by atoms with van der Waals surface area (Å²) in [4.78, 5) is 38.3. The monoisotopic (exact) mass is 459 g/mol. The maximum atomic E-state index is 12.5. The summed E-state index contributed by atoms with van der Waals surface area (Å²) in [5, 5.41) is 10.6. The SMILES string of the molecule is NC(=O)c1ccccc1NC(=O)CN1CCC(C(=O)Nc2ccc(S(N)(=O)=O)cc2)CC1. The van der Waals surface area contributed by atoms with Crippen LogP contribution in [-0.2, 0) is 19.6 Å². The second kappa shape index (κ2) is 9.90. The molecule has 32 heavy (non-hydrogen) atoms. The molecule has 2 aromatic carbocycles. The van der Waals surface area contributed by atoms with Crippen molar-refractivity contribution in [3.8, 4) is 0 Å². The molecule has 1 saturated heterocycles. The number of likely N-dealkylation sites (tertiary alicyclic amines) is 1. The van der Waals surface area contributed by atoms with Gasteiger partial charge in [-0.25, -0.2) is 13.6 Å². The number of hydrogen-bond acceptors (Lipinski definition) is 6. The number of carbonyl (C=O) groups is 3. The van der Waals surface area contributed by atoms with E-state index in [1.54, 1.807) is 24.3 Å². The normalized spacial score (nSPS) is 15.2. The van der Waals surface area contributed by atoms with E-state index >= 15 is 0 Å². The van der Waals surface area contributed by atoms with Crippen LogP contribution in [0.15, 0.2) is 53.4 Å². The van der Waals surface area contributed by atoms with Gasteiger partial charge in [-0.1, -0.05) is 12.1 Å². The molecule has 3 rings (SSSR count). The van der Waals surface area contributed by atoms with Crippen molar-refractivity contribution in [3.05, 3.63) is 54.1 Å². The maximum absolute atomic E-state index is 12.5. The molecule has 0 atom stereocenters. The molecule has 1 fully saturated rings. The Morgan fingerprint density at radius 3 is 2.19 bits per heavy atom. The Balaban J connectivity index is 1.48. The lowest BCUT2D eigenvalue weighted by atomic mass is 9.96. The highest BCUT2D eigenvalue weighted by Gasteiger charge is 2.26. The number of nitrogens with zero attached hydrogens (tertiary/aromatic N) is 1. The Labute approximate surface area is 186 Å². The lowest BCUT2D eigenvalue weighted by molar-refractivity contribution is -0.121. The zero-order chi connectivity index (χ0) is 23.3. The molecule has 11 heteroatoms. The lowest BCUT2D eigenvalue weighted by Crippen LogP contribution is -2.41. The average Bonchev–Trinajstić information content (AvgIpc) is 2.74. The summed E-state index contributed by atoms with van der Waals surface area (Å²) in [6.07, 6.45) is 1.15. The average molecular weight is 460 g/mol. The van der Waals surface area contributed by atoms with Crippen molar-refractivity contribution < 1.29 is 22.8 Å². The van der Waals surface area contributed by atoms with Gasteiger partial charge in [0.1, 0.15) is 0 Å². The van der Waals surface area contributed by atoms with Crippen LogP contribution in [0.2, 0.25) is 0 Å². The number of amides is 3. The lowest BCUT2D eigenvalue weighted by Gasteiger charge is -2.30. The number of rotatable bonds is 7. The Morgan fingerprint density at radius 1 is 0.969 bits per heavy atom. The van der Waals surface area contributed by atoms with E-state index in [9.17, 15) is 22.8 Å². The highest BCUT2D eigenvalue weighted by atomic mass is 32.2. The van der Waals surface area contributed by atoms with Gasteiger partial charge in [0.05, 0.1) is 22.7 Å². The van der Waals surface area contributed by atoms with E-state index < -0.39 is 15.9 Å². The van der Waals surface area contributed by atoms with E-state index in [-0.39, 0.29) is 34.7 Å². The Bertz CT molecular complexity index is 1110. The van der Waals surface area contributed by atoms with Crippen LogP contribution in [0, 0.1) is 5.92 Å². The fourth-order valence-corrected chi connectivity index (χ4v) is 4.04. The molecule has 2 aromatic rings. The van der Waals surface area contributed by atoms with Gasteiger partial charge in [-0.05, 0) is 62.3 Å². The first kappa shape index (κ1) is 23.4. The smallest absolute Gasteiger partial charge is 0.250 e. The van der Waals surface area contributed by atoms with Crippen LogP contribution in [0.25, 0.3) is 0 Å². The minimum absolute atomic E-state index is 0.0273. The Kier molecular flexibility index (Phi) is 7.23. The van der Waals surface area contributed by atoms with Gasteiger partial charge in [0, 0.05) is 11.6 Å². The van der Waals surface area contributed by atoms with Crippen molar-refractivity contribution in [2.24, 2.45) is 16.8 Å². The van der Waals surface area contributed by atoms with Crippen LogP contribution in [-0.4, -0.2) is 50.7 Å². The predicted octanol–water partition coefficient (Wildman–Crippen LogP) is 0.722. The number of nitrogens with one attached hydrogen (secondary N) is 2. The van der Waals surface area contributed by atoms with Crippen molar-refractivity contribution >= 4 is 39.1 Å². The number of nitrogens with two attached hydrogens (primary N) is 2.